The molecule has 0 amide bonds. The quantitative estimate of drug-likeness (QED) is 0.804. The number of carbonyl (C=O) groups is 1. The van der Waals surface area contributed by atoms with Gasteiger partial charge in [-0.2, -0.15) is 0 Å². The Hall–Kier alpha value is -1.36. The number of furan rings is 1. The molecule has 0 aromatic carbocycles. The van der Waals surface area contributed by atoms with Crippen molar-refractivity contribution >= 4 is 21.7 Å². The van der Waals surface area contributed by atoms with E-state index >= 15 is 0 Å². The van der Waals surface area contributed by atoms with Gasteiger partial charge in [-0.1, -0.05) is 0 Å². The van der Waals surface area contributed by atoms with Crippen molar-refractivity contribution in [1.29, 1.82) is 0 Å². The molecule has 78 valence electrons. The fourth-order valence-electron chi connectivity index (χ4n) is 1.32. The Morgan fingerprint density at radius 3 is 3.00 bits per heavy atom. The SMILES string of the molecule is CCn1ccnc1C(=O)c1ccc(Br)o1. The number of imidazole rings is 1. The summed E-state index contributed by atoms with van der Waals surface area (Å²) in [5, 5.41) is 0. The van der Waals surface area contributed by atoms with E-state index in [-0.39, 0.29) is 5.78 Å². The highest BCUT2D eigenvalue weighted by Gasteiger charge is 2.17. The Bertz CT molecular complexity index is 487. The van der Waals surface area contributed by atoms with E-state index in [1.807, 2.05) is 6.92 Å². The molecule has 4 nitrogen and oxygen atoms in total. The molecular formula is C10H9BrN2O2. The third-order valence-electron chi connectivity index (χ3n) is 2.06. The van der Waals surface area contributed by atoms with Gasteiger partial charge in [0.25, 0.3) is 5.78 Å². The largest absolute Gasteiger partial charge is 0.446 e. The molecule has 0 N–H and O–H groups in total. The summed E-state index contributed by atoms with van der Waals surface area (Å²) < 4.78 is 7.50. The van der Waals surface area contributed by atoms with E-state index in [0.29, 0.717) is 22.8 Å². The van der Waals surface area contributed by atoms with Gasteiger partial charge < -0.3 is 8.98 Å². The maximum Gasteiger partial charge on any atom is 0.263 e. The zero-order chi connectivity index (χ0) is 10.8. The van der Waals surface area contributed by atoms with Crippen LogP contribution < -0.4 is 0 Å². The molecule has 0 saturated carbocycles. The van der Waals surface area contributed by atoms with E-state index in [0.717, 1.165) is 0 Å². The van der Waals surface area contributed by atoms with Gasteiger partial charge in [0.2, 0.25) is 0 Å². The number of nitrogens with zero attached hydrogens (tertiary/aromatic N) is 2. The van der Waals surface area contributed by atoms with Crippen LogP contribution in [-0.4, -0.2) is 15.3 Å². The molecule has 15 heavy (non-hydrogen) atoms. The molecule has 2 heterocycles. The molecule has 0 radical (unpaired) electrons. The third-order valence-corrected chi connectivity index (χ3v) is 2.48. The maximum atomic E-state index is 11.9. The summed E-state index contributed by atoms with van der Waals surface area (Å²) in [6, 6.07) is 3.31. The number of hydrogen-bond acceptors (Lipinski definition) is 3. The van der Waals surface area contributed by atoms with Gasteiger partial charge in [-0.15, -0.1) is 0 Å². The van der Waals surface area contributed by atoms with E-state index in [4.69, 9.17) is 4.42 Å². The molecule has 0 aliphatic carbocycles. The predicted molar refractivity (Wildman–Crippen MR) is 57.7 cm³/mol. The van der Waals surface area contributed by atoms with Gasteiger partial charge in [0.1, 0.15) is 0 Å². The first-order valence-electron chi connectivity index (χ1n) is 4.53. The summed E-state index contributed by atoms with van der Waals surface area (Å²) in [6.45, 7) is 2.67. The lowest BCUT2D eigenvalue weighted by molar-refractivity contribution is 0.0994. The fraction of sp³-hybridized carbons (Fsp3) is 0.200. The van der Waals surface area contributed by atoms with Crippen LogP contribution in [0, 0.1) is 0 Å². The van der Waals surface area contributed by atoms with Crippen molar-refractivity contribution < 1.29 is 9.21 Å². The van der Waals surface area contributed by atoms with Crippen molar-refractivity contribution in [2.24, 2.45) is 0 Å². The molecule has 2 rings (SSSR count). The second kappa shape index (κ2) is 4.02. The van der Waals surface area contributed by atoms with Gasteiger partial charge in [-0.25, -0.2) is 4.98 Å². The van der Waals surface area contributed by atoms with Crippen LogP contribution in [0.2, 0.25) is 0 Å². The lowest BCUT2D eigenvalue weighted by Crippen LogP contribution is -2.09. The number of carbonyl (C=O) groups excluding carboxylic acids is 1. The number of hydrogen-bond donors (Lipinski definition) is 0. The van der Waals surface area contributed by atoms with Gasteiger partial charge in [-0.3, -0.25) is 4.79 Å². The zero-order valence-corrected chi connectivity index (χ0v) is 9.69. The van der Waals surface area contributed by atoms with Crippen LogP contribution in [0.25, 0.3) is 0 Å². The van der Waals surface area contributed by atoms with Crippen molar-refractivity contribution in [3.05, 3.63) is 40.8 Å². The number of ketones is 1. The second-order valence-electron chi connectivity index (χ2n) is 2.97. The van der Waals surface area contributed by atoms with Crippen molar-refractivity contribution in [2.45, 2.75) is 13.5 Å². The molecular weight excluding hydrogens is 260 g/mol. The predicted octanol–water partition coefficient (Wildman–Crippen LogP) is 2.49. The lowest BCUT2D eigenvalue weighted by Gasteiger charge is -2.00. The highest BCUT2D eigenvalue weighted by Crippen LogP contribution is 2.16. The average molecular weight is 269 g/mol. The monoisotopic (exact) mass is 268 g/mol. The summed E-state index contributed by atoms with van der Waals surface area (Å²) in [7, 11) is 0. The van der Waals surface area contributed by atoms with Gasteiger partial charge in [0, 0.05) is 18.9 Å². The van der Waals surface area contributed by atoms with Crippen LogP contribution in [0.5, 0.6) is 0 Å². The Kier molecular flexibility index (Phi) is 2.73. The molecule has 0 atom stereocenters. The molecule has 0 unspecified atom stereocenters. The fourth-order valence-corrected chi connectivity index (χ4v) is 1.63. The van der Waals surface area contributed by atoms with E-state index in [1.54, 1.807) is 29.1 Å². The highest BCUT2D eigenvalue weighted by atomic mass is 79.9. The number of rotatable bonds is 3. The Labute approximate surface area is 95.0 Å². The smallest absolute Gasteiger partial charge is 0.263 e. The van der Waals surface area contributed by atoms with Crippen molar-refractivity contribution in [3.8, 4) is 0 Å². The average Bonchev–Trinajstić information content (AvgIpc) is 2.84. The topological polar surface area (TPSA) is 48.0 Å². The van der Waals surface area contributed by atoms with Crippen LogP contribution in [0.15, 0.2) is 33.6 Å². The lowest BCUT2D eigenvalue weighted by atomic mass is 10.3. The first kappa shape index (κ1) is 10.2. The minimum Gasteiger partial charge on any atom is -0.446 e. The molecule has 0 saturated heterocycles. The summed E-state index contributed by atoms with van der Waals surface area (Å²) in [6.07, 6.45) is 3.37. The Morgan fingerprint density at radius 1 is 1.60 bits per heavy atom. The molecule has 0 spiro atoms. The van der Waals surface area contributed by atoms with Gasteiger partial charge in [-0.05, 0) is 35.0 Å². The summed E-state index contributed by atoms with van der Waals surface area (Å²) in [4.78, 5) is 15.9. The van der Waals surface area contributed by atoms with Crippen molar-refractivity contribution in [2.75, 3.05) is 0 Å². The molecule has 5 heteroatoms. The van der Waals surface area contributed by atoms with Crippen molar-refractivity contribution in [3.63, 3.8) is 0 Å². The minimum atomic E-state index is -0.201. The van der Waals surface area contributed by atoms with Crippen LogP contribution in [0.3, 0.4) is 0 Å². The standard InChI is InChI=1S/C10H9BrN2O2/c1-2-13-6-5-12-10(13)9(14)7-3-4-8(11)15-7/h3-6H,2H2,1H3. The first-order valence-corrected chi connectivity index (χ1v) is 5.33. The van der Waals surface area contributed by atoms with Crippen LogP contribution >= 0.6 is 15.9 Å². The molecule has 0 aliphatic rings. The highest BCUT2D eigenvalue weighted by molar-refractivity contribution is 9.10. The molecule has 2 aromatic rings. The maximum absolute atomic E-state index is 11.9. The summed E-state index contributed by atoms with van der Waals surface area (Å²) in [5.41, 5.74) is 0. The van der Waals surface area contributed by atoms with E-state index in [2.05, 4.69) is 20.9 Å². The summed E-state index contributed by atoms with van der Waals surface area (Å²) in [5.74, 6) is 0.495. The second-order valence-corrected chi connectivity index (χ2v) is 3.75. The van der Waals surface area contributed by atoms with E-state index < -0.39 is 0 Å². The Balaban J connectivity index is 2.36. The number of aromatic nitrogens is 2. The Morgan fingerprint density at radius 2 is 2.40 bits per heavy atom. The normalized spacial score (nSPS) is 10.5. The van der Waals surface area contributed by atoms with Crippen LogP contribution in [0.4, 0.5) is 0 Å². The van der Waals surface area contributed by atoms with Crippen molar-refractivity contribution in [1.82, 2.24) is 9.55 Å². The summed E-state index contributed by atoms with van der Waals surface area (Å²) >= 11 is 3.15. The van der Waals surface area contributed by atoms with Crippen LogP contribution in [0.1, 0.15) is 23.3 Å². The zero-order valence-electron chi connectivity index (χ0n) is 8.11. The van der Waals surface area contributed by atoms with Gasteiger partial charge in [0.05, 0.1) is 0 Å². The molecule has 0 fully saturated rings. The number of aryl methyl sites for hydroxylation is 1. The molecule has 0 bridgehead atoms. The number of halogens is 1. The van der Waals surface area contributed by atoms with Gasteiger partial charge >= 0.3 is 0 Å². The molecule has 2 aromatic heterocycles. The minimum absolute atomic E-state index is 0.201. The van der Waals surface area contributed by atoms with Crippen LogP contribution in [-0.2, 0) is 6.54 Å². The van der Waals surface area contributed by atoms with E-state index in [9.17, 15) is 4.79 Å². The first-order chi connectivity index (χ1) is 7.22. The third kappa shape index (κ3) is 1.87. The van der Waals surface area contributed by atoms with E-state index in [1.165, 1.54) is 0 Å². The van der Waals surface area contributed by atoms with Gasteiger partial charge in [0.15, 0.2) is 16.3 Å². The molecule has 0 aliphatic heterocycles.